The molecule has 0 fully saturated rings. The Hall–Kier alpha value is -2.03. The van der Waals surface area contributed by atoms with Gasteiger partial charge >= 0.3 is 0 Å². The minimum atomic E-state index is -1.12. The Labute approximate surface area is 145 Å². The molecule has 4 nitrogen and oxygen atoms in total. The van der Waals surface area contributed by atoms with Gasteiger partial charge in [0.05, 0.1) is 0 Å². The fourth-order valence-corrected chi connectivity index (χ4v) is 2.31. The van der Waals surface area contributed by atoms with E-state index in [1.165, 1.54) is 13.1 Å². The number of hydrogen-bond acceptors (Lipinski definition) is 2. The van der Waals surface area contributed by atoms with Crippen molar-refractivity contribution in [2.75, 3.05) is 7.05 Å². The molecule has 0 aliphatic rings. The van der Waals surface area contributed by atoms with Crippen LogP contribution < -0.4 is 10.6 Å². The molecule has 2 aromatic carbocycles. The average molecular weight is 430 g/mol. The molecule has 0 aromatic heterocycles. The summed E-state index contributed by atoms with van der Waals surface area (Å²) in [6, 6.07) is 8.67. The average Bonchev–Trinajstić information content (AvgIpc) is 2.55. The number of nitrogens with one attached hydrogen (secondary N) is 2. The van der Waals surface area contributed by atoms with Gasteiger partial charge in [-0.3, -0.25) is 9.59 Å². The third-order valence-corrected chi connectivity index (χ3v) is 3.89. The molecule has 0 spiro atoms. The monoisotopic (exact) mass is 430 g/mol. The predicted octanol–water partition coefficient (Wildman–Crippen LogP) is 2.79. The van der Waals surface area contributed by atoms with Gasteiger partial charge in [-0.2, -0.15) is 0 Å². The van der Waals surface area contributed by atoms with E-state index in [4.69, 9.17) is 0 Å². The van der Waals surface area contributed by atoms with Crippen LogP contribution in [-0.4, -0.2) is 18.9 Å². The van der Waals surface area contributed by atoms with Crippen LogP contribution in [0.3, 0.4) is 0 Å². The van der Waals surface area contributed by atoms with E-state index in [0.29, 0.717) is 5.56 Å². The van der Waals surface area contributed by atoms with E-state index < -0.39 is 29.5 Å². The lowest BCUT2D eigenvalue weighted by atomic mass is 10.0. The van der Waals surface area contributed by atoms with Crippen molar-refractivity contribution >= 4 is 34.4 Å². The van der Waals surface area contributed by atoms with Gasteiger partial charge in [0.15, 0.2) is 11.6 Å². The Bertz CT molecular complexity index is 735. The van der Waals surface area contributed by atoms with Crippen LogP contribution in [0.1, 0.15) is 22.0 Å². The van der Waals surface area contributed by atoms with E-state index in [1.807, 2.05) is 0 Å². The van der Waals surface area contributed by atoms with Crippen molar-refractivity contribution < 1.29 is 18.4 Å². The molecular weight excluding hydrogens is 417 g/mol. The minimum Gasteiger partial charge on any atom is -0.357 e. The topological polar surface area (TPSA) is 58.2 Å². The number of benzene rings is 2. The van der Waals surface area contributed by atoms with Crippen LogP contribution in [0.25, 0.3) is 0 Å². The van der Waals surface area contributed by atoms with E-state index in [0.717, 1.165) is 15.7 Å². The lowest BCUT2D eigenvalue weighted by Crippen LogP contribution is -2.39. The highest BCUT2D eigenvalue weighted by Crippen LogP contribution is 2.18. The highest BCUT2D eigenvalue weighted by Gasteiger charge is 2.23. The number of carbonyl (C=O) groups is 2. The molecule has 23 heavy (non-hydrogen) atoms. The van der Waals surface area contributed by atoms with Gasteiger partial charge < -0.3 is 10.6 Å². The van der Waals surface area contributed by atoms with Crippen LogP contribution in [0.5, 0.6) is 0 Å². The van der Waals surface area contributed by atoms with Gasteiger partial charge in [-0.1, -0.05) is 6.07 Å². The number of amides is 2. The maximum Gasteiger partial charge on any atom is 0.252 e. The molecule has 0 radical (unpaired) electrons. The second-order valence-corrected chi connectivity index (χ2v) is 5.95. The molecule has 0 bridgehead atoms. The van der Waals surface area contributed by atoms with E-state index in [-0.39, 0.29) is 5.56 Å². The summed E-state index contributed by atoms with van der Waals surface area (Å²) in [5.74, 6) is -3.12. The maximum absolute atomic E-state index is 13.4. The zero-order valence-corrected chi connectivity index (χ0v) is 14.2. The second kappa shape index (κ2) is 7.49. The van der Waals surface area contributed by atoms with Gasteiger partial charge in [-0.25, -0.2) is 8.78 Å². The maximum atomic E-state index is 13.4. The summed E-state index contributed by atoms with van der Waals surface area (Å²) in [5, 5.41) is 4.92. The molecule has 7 heteroatoms. The van der Waals surface area contributed by atoms with Crippen molar-refractivity contribution in [1.29, 1.82) is 0 Å². The molecule has 0 aliphatic heterocycles. The first-order valence-corrected chi connectivity index (χ1v) is 7.73. The smallest absolute Gasteiger partial charge is 0.252 e. The summed E-state index contributed by atoms with van der Waals surface area (Å²) in [4.78, 5) is 24.2. The molecule has 0 heterocycles. The summed E-state index contributed by atoms with van der Waals surface area (Å²) < 4.78 is 27.4. The second-order valence-electron chi connectivity index (χ2n) is 4.70. The first-order chi connectivity index (χ1) is 10.9. The van der Waals surface area contributed by atoms with Crippen LogP contribution in [0, 0.1) is 15.2 Å². The first-order valence-electron chi connectivity index (χ1n) is 6.65. The molecule has 120 valence electrons. The Morgan fingerprint density at radius 3 is 2.26 bits per heavy atom. The van der Waals surface area contributed by atoms with Crippen molar-refractivity contribution in [1.82, 2.24) is 10.6 Å². The summed E-state index contributed by atoms with van der Waals surface area (Å²) in [6.07, 6.45) is 0. The van der Waals surface area contributed by atoms with E-state index in [2.05, 4.69) is 33.2 Å². The van der Waals surface area contributed by atoms with Crippen LogP contribution in [0.4, 0.5) is 8.78 Å². The summed E-state index contributed by atoms with van der Waals surface area (Å²) in [7, 11) is 1.40. The molecule has 0 aliphatic carbocycles. The van der Waals surface area contributed by atoms with Gasteiger partial charge in [-0.05, 0) is 64.6 Å². The van der Waals surface area contributed by atoms with Gasteiger partial charge in [0, 0.05) is 16.2 Å². The van der Waals surface area contributed by atoms with Gasteiger partial charge in [0.2, 0.25) is 5.91 Å². The Kier molecular flexibility index (Phi) is 5.64. The van der Waals surface area contributed by atoms with Crippen molar-refractivity contribution in [2.24, 2.45) is 0 Å². The highest BCUT2D eigenvalue weighted by atomic mass is 127. The summed E-state index contributed by atoms with van der Waals surface area (Å²) >= 11 is 2.10. The molecule has 2 amide bonds. The van der Waals surface area contributed by atoms with Crippen molar-refractivity contribution in [2.45, 2.75) is 6.04 Å². The standard InChI is InChI=1S/C16H13F2IN2O2/c1-20-16(23)14(10-4-7-12(17)13(18)8-10)21-15(22)9-2-5-11(19)6-3-9/h2-8,14H,1H3,(H,20,23)(H,21,22). The van der Waals surface area contributed by atoms with Gasteiger partial charge in [-0.15, -0.1) is 0 Å². The molecule has 2 N–H and O–H groups in total. The van der Waals surface area contributed by atoms with Crippen molar-refractivity contribution in [3.05, 3.63) is 68.8 Å². The van der Waals surface area contributed by atoms with Crippen LogP contribution in [0.15, 0.2) is 42.5 Å². The zero-order chi connectivity index (χ0) is 17.0. The van der Waals surface area contributed by atoms with Gasteiger partial charge in [0.25, 0.3) is 5.91 Å². The Morgan fingerprint density at radius 2 is 1.70 bits per heavy atom. The van der Waals surface area contributed by atoms with Gasteiger partial charge in [0.1, 0.15) is 6.04 Å². The van der Waals surface area contributed by atoms with E-state index in [9.17, 15) is 18.4 Å². The summed E-state index contributed by atoms with van der Waals surface area (Å²) in [5.41, 5.74) is 0.518. The van der Waals surface area contributed by atoms with Crippen LogP contribution >= 0.6 is 22.6 Å². The van der Waals surface area contributed by atoms with Crippen molar-refractivity contribution in [3.63, 3.8) is 0 Å². The number of rotatable bonds is 4. The summed E-state index contributed by atoms with van der Waals surface area (Å²) in [6.45, 7) is 0. The fourth-order valence-electron chi connectivity index (χ4n) is 1.95. The highest BCUT2D eigenvalue weighted by molar-refractivity contribution is 14.1. The SMILES string of the molecule is CNC(=O)C(NC(=O)c1ccc(I)cc1)c1ccc(F)c(F)c1. The van der Waals surface area contributed by atoms with E-state index >= 15 is 0 Å². The number of carbonyl (C=O) groups excluding carboxylic acids is 2. The van der Waals surface area contributed by atoms with Crippen LogP contribution in [-0.2, 0) is 4.79 Å². The number of halogens is 3. The fraction of sp³-hybridized carbons (Fsp3) is 0.125. The Balaban J connectivity index is 2.28. The lowest BCUT2D eigenvalue weighted by molar-refractivity contribution is -0.122. The Morgan fingerprint density at radius 1 is 1.04 bits per heavy atom. The normalized spacial score (nSPS) is 11.7. The quantitative estimate of drug-likeness (QED) is 0.734. The lowest BCUT2D eigenvalue weighted by Gasteiger charge is -2.18. The molecule has 0 saturated carbocycles. The largest absolute Gasteiger partial charge is 0.357 e. The van der Waals surface area contributed by atoms with Crippen molar-refractivity contribution in [3.8, 4) is 0 Å². The molecule has 0 saturated heterocycles. The molecule has 2 rings (SSSR count). The zero-order valence-electron chi connectivity index (χ0n) is 12.1. The third-order valence-electron chi connectivity index (χ3n) is 3.17. The third kappa shape index (κ3) is 4.25. The number of likely N-dealkylation sites (N-methyl/N-ethyl adjacent to an activating group) is 1. The molecular formula is C16H13F2IN2O2. The predicted molar refractivity (Wildman–Crippen MR) is 89.8 cm³/mol. The number of hydrogen-bond donors (Lipinski definition) is 2. The van der Waals surface area contributed by atoms with Crippen LogP contribution in [0.2, 0.25) is 0 Å². The van der Waals surface area contributed by atoms with E-state index in [1.54, 1.807) is 24.3 Å². The first kappa shape index (κ1) is 17.3. The molecule has 2 aromatic rings. The molecule has 1 unspecified atom stereocenters. The molecule has 1 atom stereocenters. The minimum absolute atomic E-state index is 0.155.